The Balaban J connectivity index is 1.58. The van der Waals surface area contributed by atoms with Gasteiger partial charge in [0.2, 0.25) is 11.8 Å². The third kappa shape index (κ3) is 3.82. The molecule has 2 amide bonds. The third-order valence-corrected chi connectivity index (χ3v) is 6.01. The van der Waals surface area contributed by atoms with Crippen LogP contribution in [0.3, 0.4) is 0 Å². The lowest BCUT2D eigenvalue weighted by Crippen LogP contribution is -2.58. The van der Waals surface area contributed by atoms with Crippen LogP contribution in [0.5, 0.6) is 0 Å². The number of nitrogens with zero attached hydrogens (tertiary/aromatic N) is 2. The Hall–Kier alpha value is -1.36. The summed E-state index contributed by atoms with van der Waals surface area (Å²) in [6.45, 7) is 7.40. The van der Waals surface area contributed by atoms with Gasteiger partial charge >= 0.3 is 0 Å². The number of carbonyl (C=O) groups excluding carboxylic acids is 2. The zero-order chi connectivity index (χ0) is 16.9. The van der Waals surface area contributed by atoms with E-state index in [0.717, 1.165) is 51.9 Å². The van der Waals surface area contributed by atoms with Crippen LogP contribution in [0.15, 0.2) is 12.7 Å². The van der Waals surface area contributed by atoms with E-state index in [4.69, 9.17) is 0 Å². The topological polar surface area (TPSA) is 52.7 Å². The molecule has 0 aromatic heterocycles. The van der Waals surface area contributed by atoms with Gasteiger partial charge in [0.25, 0.3) is 0 Å². The second-order valence-corrected chi connectivity index (χ2v) is 7.51. The minimum Gasteiger partial charge on any atom is -0.351 e. The first-order chi connectivity index (χ1) is 11.7. The van der Waals surface area contributed by atoms with Gasteiger partial charge in [0.05, 0.1) is 6.04 Å². The van der Waals surface area contributed by atoms with Crippen molar-refractivity contribution in [3.63, 3.8) is 0 Å². The van der Waals surface area contributed by atoms with Gasteiger partial charge in [0.15, 0.2) is 0 Å². The van der Waals surface area contributed by atoms with Crippen LogP contribution >= 0.6 is 0 Å². The second kappa shape index (κ2) is 8.15. The van der Waals surface area contributed by atoms with Crippen LogP contribution < -0.4 is 5.32 Å². The van der Waals surface area contributed by atoms with Crippen molar-refractivity contribution in [3.8, 4) is 0 Å². The molecule has 1 atom stereocenters. The molecule has 0 aromatic rings. The van der Waals surface area contributed by atoms with Crippen LogP contribution in [0.1, 0.15) is 44.9 Å². The maximum Gasteiger partial charge on any atom is 0.237 e. The summed E-state index contributed by atoms with van der Waals surface area (Å²) in [6, 6.07) is -0.0339. The highest BCUT2D eigenvalue weighted by Crippen LogP contribution is 2.32. The predicted molar refractivity (Wildman–Crippen MR) is 94.4 cm³/mol. The fourth-order valence-corrected chi connectivity index (χ4v) is 4.36. The molecule has 3 rings (SSSR count). The molecule has 24 heavy (non-hydrogen) atoms. The van der Waals surface area contributed by atoms with Gasteiger partial charge in [-0.05, 0) is 31.6 Å². The zero-order valence-corrected chi connectivity index (χ0v) is 14.7. The molecule has 2 aliphatic carbocycles. The lowest BCUT2D eigenvalue weighted by atomic mass is 9.84. The molecule has 0 aromatic carbocycles. The highest BCUT2D eigenvalue weighted by Gasteiger charge is 2.38. The molecule has 5 nitrogen and oxygen atoms in total. The molecular formula is C19H31N3O2. The number of rotatable bonds is 6. The van der Waals surface area contributed by atoms with Crippen molar-refractivity contribution in [2.75, 3.05) is 32.7 Å². The SMILES string of the molecule is C=CCNC(=O)C(C1CCCC1)N1CCN(C(=O)C2CCC2)CC1. The first-order valence-electron chi connectivity index (χ1n) is 9.62. The molecule has 1 aliphatic heterocycles. The molecule has 0 bridgehead atoms. The van der Waals surface area contributed by atoms with Crippen LogP contribution in [0.25, 0.3) is 0 Å². The molecule has 1 heterocycles. The molecule has 1 N–H and O–H groups in total. The van der Waals surface area contributed by atoms with Crippen molar-refractivity contribution in [1.29, 1.82) is 0 Å². The maximum absolute atomic E-state index is 12.7. The number of amides is 2. The van der Waals surface area contributed by atoms with Gasteiger partial charge in [-0.2, -0.15) is 0 Å². The summed E-state index contributed by atoms with van der Waals surface area (Å²) in [6.07, 6.45) is 9.82. The number of hydrogen-bond acceptors (Lipinski definition) is 3. The molecule has 3 fully saturated rings. The Kier molecular flexibility index (Phi) is 5.93. The van der Waals surface area contributed by atoms with Crippen LogP contribution in [-0.2, 0) is 9.59 Å². The van der Waals surface area contributed by atoms with Crippen molar-refractivity contribution in [2.24, 2.45) is 11.8 Å². The molecule has 2 saturated carbocycles. The number of carbonyl (C=O) groups is 2. The lowest BCUT2D eigenvalue weighted by molar-refractivity contribution is -0.141. The van der Waals surface area contributed by atoms with E-state index in [1.54, 1.807) is 6.08 Å². The van der Waals surface area contributed by atoms with Crippen molar-refractivity contribution < 1.29 is 9.59 Å². The van der Waals surface area contributed by atoms with Gasteiger partial charge in [-0.25, -0.2) is 0 Å². The summed E-state index contributed by atoms with van der Waals surface area (Å²) in [5.41, 5.74) is 0. The fourth-order valence-electron chi connectivity index (χ4n) is 4.36. The summed E-state index contributed by atoms with van der Waals surface area (Å²) < 4.78 is 0. The Bertz CT molecular complexity index is 461. The van der Waals surface area contributed by atoms with E-state index in [1.807, 2.05) is 4.90 Å². The van der Waals surface area contributed by atoms with Crippen molar-refractivity contribution >= 4 is 11.8 Å². The minimum atomic E-state index is -0.0339. The van der Waals surface area contributed by atoms with Crippen LogP contribution in [0.2, 0.25) is 0 Å². The summed E-state index contributed by atoms with van der Waals surface area (Å²) in [5.74, 6) is 1.22. The average Bonchev–Trinajstić information content (AvgIpc) is 3.06. The largest absolute Gasteiger partial charge is 0.351 e. The van der Waals surface area contributed by atoms with E-state index in [-0.39, 0.29) is 17.9 Å². The third-order valence-electron chi connectivity index (χ3n) is 6.01. The zero-order valence-electron chi connectivity index (χ0n) is 14.7. The Morgan fingerprint density at radius 3 is 2.25 bits per heavy atom. The first kappa shape index (κ1) is 17.5. The molecule has 1 unspecified atom stereocenters. The van der Waals surface area contributed by atoms with E-state index in [9.17, 15) is 9.59 Å². The van der Waals surface area contributed by atoms with E-state index >= 15 is 0 Å². The summed E-state index contributed by atoms with van der Waals surface area (Å²) >= 11 is 0. The van der Waals surface area contributed by atoms with Crippen LogP contribution in [0.4, 0.5) is 0 Å². The first-order valence-corrected chi connectivity index (χ1v) is 9.62. The average molecular weight is 333 g/mol. The monoisotopic (exact) mass is 333 g/mol. The summed E-state index contributed by atoms with van der Waals surface area (Å²) in [5, 5.41) is 3.00. The van der Waals surface area contributed by atoms with E-state index in [0.29, 0.717) is 18.4 Å². The molecular weight excluding hydrogens is 302 g/mol. The molecule has 5 heteroatoms. The van der Waals surface area contributed by atoms with Crippen LogP contribution in [0, 0.1) is 11.8 Å². The summed E-state index contributed by atoms with van der Waals surface area (Å²) in [7, 11) is 0. The number of hydrogen-bond donors (Lipinski definition) is 1. The van der Waals surface area contributed by atoms with E-state index in [1.165, 1.54) is 19.3 Å². The number of nitrogens with one attached hydrogen (secondary N) is 1. The van der Waals surface area contributed by atoms with Gasteiger partial charge in [-0.1, -0.05) is 25.3 Å². The maximum atomic E-state index is 12.7. The molecule has 1 saturated heterocycles. The second-order valence-electron chi connectivity index (χ2n) is 7.51. The van der Waals surface area contributed by atoms with Gasteiger partial charge in [0.1, 0.15) is 0 Å². The van der Waals surface area contributed by atoms with Gasteiger partial charge < -0.3 is 10.2 Å². The van der Waals surface area contributed by atoms with Crippen molar-refractivity contribution in [2.45, 2.75) is 51.0 Å². The normalized spacial score (nSPS) is 24.4. The minimum absolute atomic E-state index is 0.0339. The highest BCUT2D eigenvalue weighted by molar-refractivity contribution is 5.82. The van der Waals surface area contributed by atoms with E-state index < -0.39 is 0 Å². The Morgan fingerprint density at radius 2 is 1.71 bits per heavy atom. The van der Waals surface area contributed by atoms with Gasteiger partial charge in [0, 0.05) is 38.6 Å². The van der Waals surface area contributed by atoms with E-state index in [2.05, 4.69) is 16.8 Å². The van der Waals surface area contributed by atoms with Gasteiger partial charge in [-0.3, -0.25) is 14.5 Å². The highest BCUT2D eigenvalue weighted by atomic mass is 16.2. The molecule has 0 radical (unpaired) electrons. The standard InChI is InChI=1S/C19H31N3O2/c1-2-10-20-18(23)17(15-6-3-4-7-15)21-11-13-22(14-12-21)19(24)16-8-5-9-16/h2,15-17H,1,3-14H2,(H,20,23). The van der Waals surface area contributed by atoms with Crippen LogP contribution in [-0.4, -0.2) is 60.4 Å². The number of piperazine rings is 1. The predicted octanol–water partition coefficient (Wildman–Crippen LogP) is 1.79. The smallest absolute Gasteiger partial charge is 0.237 e. The Labute approximate surface area is 145 Å². The summed E-state index contributed by atoms with van der Waals surface area (Å²) in [4.78, 5) is 29.4. The molecule has 0 spiro atoms. The molecule has 3 aliphatic rings. The molecule has 134 valence electrons. The van der Waals surface area contributed by atoms with Crippen molar-refractivity contribution in [3.05, 3.63) is 12.7 Å². The van der Waals surface area contributed by atoms with Crippen molar-refractivity contribution in [1.82, 2.24) is 15.1 Å². The lowest BCUT2D eigenvalue weighted by Gasteiger charge is -2.42. The fraction of sp³-hybridized carbons (Fsp3) is 0.789. The Morgan fingerprint density at radius 1 is 1.04 bits per heavy atom. The van der Waals surface area contributed by atoms with Gasteiger partial charge in [-0.15, -0.1) is 6.58 Å². The quantitative estimate of drug-likeness (QED) is 0.754.